The molecule has 25 heavy (non-hydrogen) atoms. The van der Waals surface area contributed by atoms with Crippen molar-refractivity contribution in [3.63, 3.8) is 0 Å². The average Bonchev–Trinajstić information content (AvgIpc) is 2.92. The van der Waals surface area contributed by atoms with Gasteiger partial charge in [-0.3, -0.25) is 4.79 Å². The fraction of sp³-hybridized carbons (Fsp3) is 0.952. The van der Waals surface area contributed by atoms with Crippen LogP contribution in [0.15, 0.2) is 0 Å². The van der Waals surface area contributed by atoms with E-state index in [0.29, 0.717) is 22.2 Å². The second-order valence-electron chi connectivity index (χ2n) is 11.1. The maximum atomic E-state index is 13.6. The fourth-order valence-corrected chi connectivity index (χ4v) is 8.43. The lowest BCUT2D eigenvalue weighted by Gasteiger charge is -2.65. The molecule has 1 N–H and O–H groups in total. The zero-order valence-corrected chi connectivity index (χ0v) is 16.8. The predicted octanol–water partition coefficient (Wildman–Crippen LogP) is 4.01. The van der Waals surface area contributed by atoms with Crippen LogP contribution in [0.25, 0.3) is 0 Å². The van der Waals surface area contributed by atoms with Crippen LogP contribution in [0.4, 0.5) is 0 Å². The summed E-state index contributed by atoms with van der Waals surface area (Å²) in [5.74, 6) is 1.36. The van der Waals surface area contributed by atoms with Gasteiger partial charge in [-0.2, -0.15) is 0 Å². The van der Waals surface area contributed by atoms with E-state index >= 15 is 0 Å². The molecule has 2 atom stereocenters. The zero-order chi connectivity index (χ0) is 16.6. The van der Waals surface area contributed by atoms with Crippen molar-refractivity contribution in [2.45, 2.75) is 71.6 Å². The Morgan fingerprint density at radius 1 is 0.960 bits per heavy atom. The molecule has 6 aliphatic rings. The van der Waals surface area contributed by atoms with Gasteiger partial charge in [0.1, 0.15) is 0 Å². The van der Waals surface area contributed by atoms with Crippen LogP contribution in [0.2, 0.25) is 0 Å². The highest BCUT2D eigenvalue weighted by Crippen LogP contribution is 2.70. The predicted molar refractivity (Wildman–Crippen MR) is 103 cm³/mol. The van der Waals surface area contributed by atoms with Crippen molar-refractivity contribution < 1.29 is 4.79 Å². The van der Waals surface area contributed by atoms with E-state index in [-0.39, 0.29) is 17.8 Å². The van der Waals surface area contributed by atoms with Crippen LogP contribution in [0, 0.1) is 27.6 Å². The number of nitrogens with one attached hydrogen (secondary N) is 1. The van der Waals surface area contributed by atoms with Gasteiger partial charge in [-0.25, -0.2) is 0 Å². The first-order valence-electron chi connectivity index (χ1n) is 10.3. The summed E-state index contributed by atoms with van der Waals surface area (Å²) in [5, 5.41) is 3.54. The minimum absolute atomic E-state index is 0. The average molecular weight is 367 g/mol. The van der Waals surface area contributed by atoms with Gasteiger partial charge in [-0.15, -0.1) is 12.4 Å². The molecule has 142 valence electrons. The van der Waals surface area contributed by atoms with E-state index in [9.17, 15) is 4.79 Å². The molecule has 0 aromatic rings. The highest BCUT2D eigenvalue weighted by molar-refractivity contribution is 5.85. The van der Waals surface area contributed by atoms with Gasteiger partial charge in [0.25, 0.3) is 0 Å². The molecular formula is C21H35ClN2O. The highest BCUT2D eigenvalue weighted by atomic mass is 35.5. The number of piperidine rings is 1. The van der Waals surface area contributed by atoms with Crippen molar-refractivity contribution in [1.82, 2.24) is 10.2 Å². The first-order valence-corrected chi connectivity index (χ1v) is 10.3. The van der Waals surface area contributed by atoms with Gasteiger partial charge >= 0.3 is 0 Å². The Balaban J connectivity index is 0.00000157. The van der Waals surface area contributed by atoms with Crippen LogP contribution in [-0.4, -0.2) is 37.0 Å². The third-order valence-electron chi connectivity index (χ3n) is 8.52. The molecule has 0 aromatic heterocycles. The van der Waals surface area contributed by atoms with Crippen LogP contribution in [-0.2, 0) is 4.79 Å². The molecule has 6 rings (SSSR count). The number of carbonyl (C=O) groups excluding carboxylic acids is 1. The number of nitrogens with zero attached hydrogens (tertiary/aromatic N) is 1. The maximum absolute atomic E-state index is 13.6. The summed E-state index contributed by atoms with van der Waals surface area (Å²) in [6, 6.07) is 0. The number of amides is 1. The summed E-state index contributed by atoms with van der Waals surface area (Å²) < 4.78 is 0. The van der Waals surface area contributed by atoms with Crippen molar-refractivity contribution in [3.05, 3.63) is 0 Å². The van der Waals surface area contributed by atoms with E-state index in [1.165, 1.54) is 70.9 Å². The van der Waals surface area contributed by atoms with Gasteiger partial charge in [0.15, 0.2) is 0 Å². The molecule has 4 saturated carbocycles. The molecule has 0 aromatic carbocycles. The Morgan fingerprint density at radius 3 is 2.12 bits per heavy atom. The molecule has 1 spiro atoms. The SMILES string of the molecule is CC12CC3CC(C)(C1)CC(C(=O)N1CCC4(CCNC4)CC1)(C3)C2.Cl. The van der Waals surface area contributed by atoms with Crippen molar-refractivity contribution in [3.8, 4) is 0 Å². The van der Waals surface area contributed by atoms with Crippen molar-refractivity contribution in [2.75, 3.05) is 26.2 Å². The molecule has 2 saturated heterocycles. The summed E-state index contributed by atoms with van der Waals surface area (Å²) in [6.45, 7) is 9.34. The molecule has 2 unspecified atom stereocenters. The highest BCUT2D eigenvalue weighted by Gasteiger charge is 2.63. The molecule has 4 bridgehead atoms. The lowest BCUT2D eigenvalue weighted by atomic mass is 9.40. The lowest BCUT2D eigenvalue weighted by Crippen LogP contribution is -2.61. The lowest BCUT2D eigenvalue weighted by molar-refractivity contribution is -0.181. The summed E-state index contributed by atoms with van der Waals surface area (Å²) >= 11 is 0. The Bertz CT molecular complexity index is 542. The van der Waals surface area contributed by atoms with Crippen LogP contribution >= 0.6 is 12.4 Å². The molecular weight excluding hydrogens is 332 g/mol. The third kappa shape index (κ3) is 2.76. The van der Waals surface area contributed by atoms with Crippen LogP contribution in [0.1, 0.15) is 71.6 Å². The zero-order valence-electron chi connectivity index (χ0n) is 16.0. The Hall–Kier alpha value is -0.280. The fourth-order valence-electron chi connectivity index (χ4n) is 8.43. The third-order valence-corrected chi connectivity index (χ3v) is 8.52. The largest absolute Gasteiger partial charge is 0.342 e. The first-order chi connectivity index (χ1) is 11.3. The summed E-state index contributed by atoms with van der Waals surface area (Å²) in [5.41, 5.74) is 1.39. The maximum Gasteiger partial charge on any atom is 0.228 e. The van der Waals surface area contributed by atoms with Gasteiger partial charge in [-0.1, -0.05) is 13.8 Å². The molecule has 4 heteroatoms. The van der Waals surface area contributed by atoms with Gasteiger partial charge in [0.05, 0.1) is 5.41 Å². The van der Waals surface area contributed by atoms with E-state index in [1.54, 1.807) is 0 Å². The van der Waals surface area contributed by atoms with Crippen LogP contribution in [0.5, 0.6) is 0 Å². The van der Waals surface area contributed by atoms with E-state index in [2.05, 4.69) is 24.1 Å². The standard InChI is InChI=1S/C21H34N2O.ClH/c1-18-9-16-10-19(2,12-18)14-21(11-16,13-18)17(24)23-7-4-20(5-8-23)3-6-22-15-20;/h16,22H,3-15H2,1-2H3;1H. The van der Waals surface area contributed by atoms with E-state index in [0.717, 1.165) is 19.0 Å². The molecule has 2 aliphatic heterocycles. The number of carbonyl (C=O) groups is 1. The monoisotopic (exact) mass is 366 g/mol. The number of likely N-dealkylation sites (tertiary alicyclic amines) is 1. The number of hydrogen-bond acceptors (Lipinski definition) is 2. The second-order valence-corrected chi connectivity index (χ2v) is 11.1. The number of halogens is 1. The quantitative estimate of drug-likeness (QED) is 0.760. The molecule has 1 amide bonds. The molecule has 4 aliphatic carbocycles. The molecule has 3 nitrogen and oxygen atoms in total. The van der Waals surface area contributed by atoms with Crippen LogP contribution in [0.3, 0.4) is 0 Å². The van der Waals surface area contributed by atoms with E-state index < -0.39 is 0 Å². The number of hydrogen-bond donors (Lipinski definition) is 1. The van der Waals surface area contributed by atoms with Gasteiger partial charge < -0.3 is 10.2 Å². The molecule has 0 radical (unpaired) electrons. The summed E-state index contributed by atoms with van der Waals surface area (Å²) in [6.07, 6.45) is 11.4. The van der Waals surface area contributed by atoms with Crippen molar-refractivity contribution >= 4 is 18.3 Å². The summed E-state index contributed by atoms with van der Waals surface area (Å²) in [4.78, 5) is 15.9. The molecule has 2 heterocycles. The Labute approximate surface area is 159 Å². The Morgan fingerprint density at radius 2 is 1.60 bits per heavy atom. The topological polar surface area (TPSA) is 32.3 Å². The van der Waals surface area contributed by atoms with E-state index in [1.807, 2.05) is 0 Å². The normalized spacial score (nSPS) is 47.1. The van der Waals surface area contributed by atoms with Crippen molar-refractivity contribution in [1.29, 1.82) is 0 Å². The first kappa shape index (κ1) is 18.1. The minimum atomic E-state index is 0. The van der Waals surface area contributed by atoms with Gasteiger partial charge in [-0.05, 0) is 86.5 Å². The summed E-state index contributed by atoms with van der Waals surface area (Å²) in [7, 11) is 0. The number of rotatable bonds is 1. The molecule has 6 fully saturated rings. The smallest absolute Gasteiger partial charge is 0.228 e. The second kappa shape index (κ2) is 5.61. The Kier molecular flexibility index (Phi) is 4.06. The minimum Gasteiger partial charge on any atom is -0.342 e. The van der Waals surface area contributed by atoms with Crippen LogP contribution < -0.4 is 5.32 Å². The van der Waals surface area contributed by atoms with Crippen molar-refractivity contribution in [2.24, 2.45) is 27.6 Å². The van der Waals surface area contributed by atoms with Gasteiger partial charge in [0, 0.05) is 19.6 Å². The van der Waals surface area contributed by atoms with Gasteiger partial charge in [0.2, 0.25) is 5.91 Å². The van der Waals surface area contributed by atoms with E-state index in [4.69, 9.17) is 0 Å².